The van der Waals surface area contributed by atoms with Crippen LogP contribution in [0.3, 0.4) is 0 Å². The Labute approximate surface area is 152 Å². The van der Waals surface area contributed by atoms with E-state index in [0.717, 1.165) is 16.4 Å². The van der Waals surface area contributed by atoms with Crippen LogP contribution in [0, 0.1) is 5.92 Å². The Hall–Kier alpha value is -2.54. The molecule has 0 fully saturated rings. The van der Waals surface area contributed by atoms with E-state index < -0.39 is 21.5 Å². The molecular formula is C19H21NO5S. The fourth-order valence-electron chi connectivity index (χ4n) is 2.97. The summed E-state index contributed by atoms with van der Waals surface area (Å²) in [6.45, 7) is 3.60. The summed E-state index contributed by atoms with van der Waals surface area (Å²) in [7, 11) is -1.96. The number of sulfone groups is 1. The number of benzene rings is 2. The quantitative estimate of drug-likeness (QED) is 0.711. The van der Waals surface area contributed by atoms with Crippen molar-refractivity contribution in [1.29, 1.82) is 0 Å². The van der Waals surface area contributed by atoms with Crippen LogP contribution in [0.2, 0.25) is 0 Å². The van der Waals surface area contributed by atoms with Crippen LogP contribution in [-0.4, -0.2) is 32.9 Å². The Morgan fingerprint density at radius 2 is 1.88 bits per heavy atom. The zero-order chi connectivity index (χ0) is 18.9. The molecule has 0 aliphatic carbocycles. The summed E-state index contributed by atoms with van der Waals surface area (Å²) in [5.74, 6) is -0.778. The summed E-state index contributed by atoms with van der Waals surface area (Å²) in [5, 5.41) is 4.43. The van der Waals surface area contributed by atoms with Gasteiger partial charge in [0.15, 0.2) is 9.84 Å². The fourth-order valence-corrected chi connectivity index (χ4v) is 4.58. The fraction of sp³-hybridized carbons (Fsp3) is 0.316. The van der Waals surface area contributed by atoms with Crippen molar-refractivity contribution in [3.8, 4) is 5.75 Å². The van der Waals surface area contributed by atoms with E-state index in [2.05, 4.69) is 5.32 Å². The molecule has 0 aliphatic heterocycles. The van der Waals surface area contributed by atoms with Crippen molar-refractivity contribution >= 4 is 43.4 Å². The van der Waals surface area contributed by atoms with Gasteiger partial charge in [-0.2, -0.15) is 0 Å². The van der Waals surface area contributed by atoms with E-state index >= 15 is 0 Å². The molecule has 0 radical (unpaired) electrons. The number of nitrogens with one attached hydrogen (secondary N) is 1. The van der Waals surface area contributed by atoms with Crippen LogP contribution in [0.25, 0.3) is 21.9 Å². The average Bonchev–Trinajstić information content (AvgIpc) is 2.89. The summed E-state index contributed by atoms with van der Waals surface area (Å²) < 4.78 is 35.2. The maximum absolute atomic E-state index is 12.2. The number of carbonyl (C=O) groups is 1. The Balaban J connectivity index is 1.92. The number of rotatable bonds is 6. The third-order valence-electron chi connectivity index (χ3n) is 3.91. The number of methoxy groups -OCH3 is 1. The van der Waals surface area contributed by atoms with Gasteiger partial charge in [-0.25, -0.2) is 8.42 Å². The lowest BCUT2D eigenvalue weighted by Gasteiger charge is -2.11. The normalized spacial score (nSPS) is 12.0. The first-order valence-electron chi connectivity index (χ1n) is 8.28. The largest absolute Gasteiger partial charge is 0.495 e. The lowest BCUT2D eigenvalue weighted by atomic mass is 10.1. The number of hydrogen-bond donors (Lipinski definition) is 1. The first-order valence-corrected chi connectivity index (χ1v) is 10.1. The molecule has 0 aliphatic rings. The Morgan fingerprint density at radius 1 is 1.15 bits per heavy atom. The van der Waals surface area contributed by atoms with Gasteiger partial charge in [-0.3, -0.25) is 4.79 Å². The highest BCUT2D eigenvalue weighted by molar-refractivity contribution is 7.92. The van der Waals surface area contributed by atoms with E-state index in [1.807, 2.05) is 24.3 Å². The molecule has 1 N–H and O–H groups in total. The molecule has 0 saturated heterocycles. The molecule has 0 saturated carbocycles. The summed E-state index contributed by atoms with van der Waals surface area (Å²) in [4.78, 5) is 12.2. The summed E-state index contributed by atoms with van der Waals surface area (Å²) >= 11 is 0. The van der Waals surface area contributed by atoms with Gasteiger partial charge in [0.25, 0.3) is 0 Å². The molecule has 1 amide bonds. The van der Waals surface area contributed by atoms with Gasteiger partial charge in [0.2, 0.25) is 5.91 Å². The van der Waals surface area contributed by atoms with Crippen molar-refractivity contribution in [2.75, 3.05) is 23.9 Å². The number of hydrogen-bond acceptors (Lipinski definition) is 5. The van der Waals surface area contributed by atoms with Gasteiger partial charge in [0.05, 0.1) is 18.6 Å². The van der Waals surface area contributed by atoms with Crippen molar-refractivity contribution in [2.24, 2.45) is 5.92 Å². The average molecular weight is 375 g/mol. The number of para-hydroxylation sites is 1. The van der Waals surface area contributed by atoms with Crippen molar-refractivity contribution in [1.82, 2.24) is 0 Å². The predicted octanol–water partition coefficient (Wildman–Crippen LogP) is 3.60. The minimum Gasteiger partial charge on any atom is -0.495 e. The zero-order valence-electron chi connectivity index (χ0n) is 14.9. The minimum atomic E-state index is -3.46. The van der Waals surface area contributed by atoms with Gasteiger partial charge in [-0.1, -0.05) is 32.0 Å². The molecule has 0 spiro atoms. The van der Waals surface area contributed by atoms with E-state index in [1.54, 1.807) is 26.0 Å². The van der Waals surface area contributed by atoms with Gasteiger partial charge in [0, 0.05) is 16.8 Å². The third kappa shape index (κ3) is 3.83. The number of furan rings is 1. The number of amides is 1. The maximum Gasteiger partial charge on any atom is 0.239 e. The second-order valence-electron chi connectivity index (χ2n) is 6.64. The van der Waals surface area contributed by atoms with Crippen molar-refractivity contribution in [3.63, 3.8) is 0 Å². The number of carbonyl (C=O) groups excluding carboxylic acids is 1. The van der Waals surface area contributed by atoms with Crippen LogP contribution in [0.4, 0.5) is 5.69 Å². The molecule has 3 aromatic rings. The smallest absolute Gasteiger partial charge is 0.239 e. The first-order chi connectivity index (χ1) is 12.3. The molecule has 3 rings (SSSR count). The lowest BCUT2D eigenvalue weighted by Crippen LogP contribution is -2.26. The molecule has 7 heteroatoms. The van der Waals surface area contributed by atoms with Gasteiger partial charge in [0.1, 0.15) is 22.7 Å². The van der Waals surface area contributed by atoms with E-state index in [-0.39, 0.29) is 11.7 Å². The second-order valence-corrected chi connectivity index (χ2v) is 8.75. The molecule has 0 bridgehead atoms. The first kappa shape index (κ1) is 18.3. The monoisotopic (exact) mass is 375 g/mol. The second kappa shape index (κ2) is 6.99. The molecule has 6 nitrogen and oxygen atoms in total. The number of fused-ring (bicyclic) bond motifs is 3. The molecular weight excluding hydrogens is 354 g/mol. The number of ether oxygens (including phenoxy) is 1. The SMILES string of the molecule is COc1cc2c(cc1NC(=O)CS(=O)(=O)CC(C)C)oc1ccccc12. The molecule has 26 heavy (non-hydrogen) atoms. The molecule has 0 unspecified atom stereocenters. The Bertz CT molecular complexity index is 1070. The van der Waals surface area contributed by atoms with E-state index in [0.29, 0.717) is 17.0 Å². The molecule has 138 valence electrons. The van der Waals surface area contributed by atoms with Crippen LogP contribution in [0.15, 0.2) is 40.8 Å². The molecule has 0 atom stereocenters. The zero-order valence-corrected chi connectivity index (χ0v) is 15.7. The van der Waals surface area contributed by atoms with Crippen molar-refractivity contribution in [3.05, 3.63) is 36.4 Å². The molecule has 1 aromatic heterocycles. The van der Waals surface area contributed by atoms with Crippen LogP contribution >= 0.6 is 0 Å². The van der Waals surface area contributed by atoms with Gasteiger partial charge in [-0.15, -0.1) is 0 Å². The minimum absolute atomic E-state index is 0.0276. The van der Waals surface area contributed by atoms with E-state index in [9.17, 15) is 13.2 Å². The predicted molar refractivity (Wildman–Crippen MR) is 102 cm³/mol. The number of anilines is 1. The standard InChI is InChI=1S/C19H21NO5S/c1-12(2)10-26(22,23)11-19(21)20-15-9-17-14(8-18(15)24-3)13-6-4-5-7-16(13)25-17/h4-9,12H,10-11H2,1-3H3,(H,20,21). The van der Waals surface area contributed by atoms with E-state index in [1.165, 1.54) is 7.11 Å². The topological polar surface area (TPSA) is 85.6 Å². The molecule has 1 heterocycles. The van der Waals surface area contributed by atoms with Crippen LogP contribution in [-0.2, 0) is 14.6 Å². The van der Waals surface area contributed by atoms with Crippen LogP contribution in [0.1, 0.15) is 13.8 Å². The van der Waals surface area contributed by atoms with Gasteiger partial charge >= 0.3 is 0 Å². The highest BCUT2D eigenvalue weighted by Crippen LogP contribution is 2.36. The highest BCUT2D eigenvalue weighted by atomic mass is 32.2. The van der Waals surface area contributed by atoms with Crippen LogP contribution in [0.5, 0.6) is 5.75 Å². The third-order valence-corrected chi connectivity index (χ3v) is 5.79. The van der Waals surface area contributed by atoms with Crippen molar-refractivity contribution in [2.45, 2.75) is 13.8 Å². The maximum atomic E-state index is 12.2. The van der Waals surface area contributed by atoms with Crippen molar-refractivity contribution < 1.29 is 22.4 Å². The lowest BCUT2D eigenvalue weighted by molar-refractivity contribution is -0.113. The highest BCUT2D eigenvalue weighted by Gasteiger charge is 2.20. The Kier molecular flexibility index (Phi) is 4.91. The van der Waals surface area contributed by atoms with E-state index in [4.69, 9.17) is 9.15 Å². The molecule has 2 aromatic carbocycles. The Morgan fingerprint density at radius 3 is 2.58 bits per heavy atom. The summed E-state index contributed by atoms with van der Waals surface area (Å²) in [6.07, 6.45) is 0. The van der Waals surface area contributed by atoms with Gasteiger partial charge < -0.3 is 14.5 Å². The van der Waals surface area contributed by atoms with Gasteiger partial charge in [-0.05, 0) is 18.1 Å². The van der Waals surface area contributed by atoms with Crippen LogP contribution < -0.4 is 10.1 Å². The summed E-state index contributed by atoms with van der Waals surface area (Å²) in [6, 6.07) is 11.0. The summed E-state index contributed by atoms with van der Waals surface area (Å²) in [5.41, 5.74) is 1.70.